The lowest BCUT2D eigenvalue weighted by molar-refractivity contribution is -0.259. The lowest BCUT2D eigenvalue weighted by Gasteiger charge is -2.73. The van der Waals surface area contributed by atoms with Crippen molar-refractivity contribution in [3.05, 3.63) is 0 Å². The molecule has 14 saturated carbocycles. The fourth-order valence-corrected chi connectivity index (χ4v) is 14.2. The Hall–Kier alpha value is -0.650. The zero-order chi connectivity index (χ0) is 23.0. The molecule has 16 bridgehead atoms. The van der Waals surface area contributed by atoms with Crippen molar-refractivity contribution in [1.82, 2.24) is 0 Å². The Kier molecular flexibility index (Phi) is 3.45. The van der Waals surface area contributed by atoms with E-state index in [1.807, 2.05) is 0 Å². The number of aliphatic hydroxyl groups is 1. The van der Waals surface area contributed by atoms with Gasteiger partial charge in [-0.2, -0.15) is 0 Å². The summed E-state index contributed by atoms with van der Waals surface area (Å²) >= 11 is 0. The minimum Gasteiger partial charge on any atom is -0.481 e. The normalized spacial score (nSPS) is 70.1. The molecular weight excluding hydrogens is 424 g/mol. The van der Waals surface area contributed by atoms with Crippen LogP contribution in [0.25, 0.3) is 0 Å². The molecule has 5 nitrogen and oxygen atoms in total. The predicted molar refractivity (Wildman–Crippen MR) is 126 cm³/mol. The van der Waals surface area contributed by atoms with E-state index < -0.39 is 5.97 Å². The number of hydrogen-bond acceptors (Lipinski definition) is 4. The number of rotatable bonds is 1. The van der Waals surface area contributed by atoms with Crippen LogP contribution in [-0.4, -0.2) is 32.9 Å². The van der Waals surface area contributed by atoms with Crippen LogP contribution in [-0.2, 0) is 4.79 Å². The Bertz CT molecular complexity index is 828. The minimum atomic E-state index is -0.502. The Morgan fingerprint density at radius 3 is 1.00 bits per heavy atom. The average Bonchev–Trinajstić information content (AvgIpc) is 2.78. The molecule has 0 spiro atoms. The fourth-order valence-electron chi connectivity index (χ4n) is 14.2. The Labute approximate surface area is 202 Å². The second-order valence-electron chi connectivity index (χ2n) is 16.0. The fraction of sp³-hybridized carbons (Fsp3) is 0.966. The first-order chi connectivity index (χ1) is 16.1. The second kappa shape index (κ2) is 5.75. The molecule has 186 valence electrons. The number of carboxylic acids is 1. The van der Waals surface area contributed by atoms with E-state index in [0.29, 0.717) is 17.8 Å². The summed E-state index contributed by atoms with van der Waals surface area (Å²) in [6.07, 6.45) is 13.6. The van der Waals surface area contributed by atoms with E-state index in [-0.39, 0.29) is 22.1 Å². The zero-order valence-electron chi connectivity index (χ0n) is 20.4. The predicted octanol–water partition coefficient (Wildman–Crippen LogP) is 3.38. The molecule has 14 aliphatic carbocycles. The summed E-state index contributed by atoms with van der Waals surface area (Å²) in [6.45, 7) is 0. The highest BCUT2D eigenvalue weighted by Gasteiger charge is 2.72. The lowest BCUT2D eigenvalue weighted by atomic mass is 9.32. The van der Waals surface area contributed by atoms with E-state index in [2.05, 4.69) is 0 Å². The van der Waals surface area contributed by atoms with E-state index in [9.17, 15) is 15.0 Å². The van der Waals surface area contributed by atoms with E-state index in [0.717, 1.165) is 91.8 Å². The number of carbonyl (C=O) groups is 1. The molecular formula is C29H42N2O3. The van der Waals surface area contributed by atoms with Crippen molar-refractivity contribution < 1.29 is 15.0 Å². The highest BCUT2D eigenvalue weighted by atomic mass is 16.4. The van der Waals surface area contributed by atoms with E-state index in [4.69, 9.17) is 11.5 Å². The van der Waals surface area contributed by atoms with Crippen LogP contribution >= 0.6 is 0 Å². The average molecular weight is 467 g/mol. The molecule has 14 rings (SSSR count). The van der Waals surface area contributed by atoms with Crippen LogP contribution in [0.15, 0.2) is 0 Å². The molecule has 14 fully saturated rings. The zero-order valence-corrected chi connectivity index (χ0v) is 20.4. The van der Waals surface area contributed by atoms with Gasteiger partial charge in [-0.15, -0.1) is 0 Å². The molecule has 0 aromatic carbocycles. The minimum absolute atomic E-state index is 0.129. The third-order valence-corrected chi connectivity index (χ3v) is 14.6. The highest BCUT2D eigenvalue weighted by molar-refractivity contribution is 5.75. The van der Waals surface area contributed by atoms with Gasteiger partial charge in [0.25, 0.3) is 0 Å². The quantitative estimate of drug-likeness (QED) is 0.474. The van der Waals surface area contributed by atoms with Crippen LogP contribution in [0.4, 0.5) is 0 Å². The summed E-state index contributed by atoms with van der Waals surface area (Å²) in [5.74, 6) is 9.12. The van der Waals surface area contributed by atoms with Crippen molar-refractivity contribution in [3.8, 4) is 0 Å². The van der Waals surface area contributed by atoms with Gasteiger partial charge in [-0.1, -0.05) is 0 Å². The third kappa shape index (κ3) is 2.25. The van der Waals surface area contributed by atoms with Gasteiger partial charge in [-0.25, -0.2) is 0 Å². The van der Waals surface area contributed by atoms with Crippen LogP contribution in [0.5, 0.6) is 0 Å². The molecule has 5 heteroatoms. The molecule has 34 heavy (non-hydrogen) atoms. The van der Waals surface area contributed by atoms with Crippen molar-refractivity contribution in [2.45, 2.75) is 93.7 Å². The lowest BCUT2D eigenvalue weighted by Crippen LogP contribution is -2.72. The van der Waals surface area contributed by atoms with Gasteiger partial charge in [0.1, 0.15) is 0 Å². The summed E-state index contributed by atoms with van der Waals surface area (Å²) in [6, 6.07) is 0. The van der Waals surface area contributed by atoms with Gasteiger partial charge < -0.3 is 21.7 Å². The molecule has 0 aromatic heterocycles. The highest BCUT2D eigenvalue weighted by Crippen LogP contribution is 2.75. The second-order valence-corrected chi connectivity index (χ2v) is 16.0. The van der Waals surface area contributed by atoms with Crippen LogP contribution in [0, 0.1) is 76.4 Å². The number of hydrogen-bond donors (Lipinski definition) is 4. The first-order valence-corrected chi connectivity index (χ1v) is 14.6. The van der Waals surface area contributed by atoms with Crippen molar-refractivity contribution >= 4 is 5.97 Å². The number of aliphatic carboxylic acids is 1. The molecule has 0 saturated heterocycles. The molecule has 0 atom stereocenters. The topological polar surface area (TPSA) is 110 Å². The smallest absolute Gasteiger partial charge is 0.309 e. The van der Waals surface area contributed by atoms with E-state index >= 15 is 0 Å². The summed E-state index contributed by atoms with van der Waals surface area (Å²) < 4.78 is 0. The van der Waals surface area contributed by atoms with Crippen LogP contribution in [0.1, 0.15) is 77.0 Å². The molecule has 0 aromatic rings. The van der Waals surface area contributed by atoms with Crippen molar-refractivity contribution in [2.24, 2.45) is 87.9 Å². The van der Waals surface area contributed by atoms with Gasteiger partial charge in [-0.3, -0.25) is 4.79 Å². The van der Waals surface area contributed by atoms with Gasteiger partial charge in [0.15, 0.2) is 0 Å². The number of carboxylic acid groups (broad SMARTS) is 1. The van der Waals surface area contributed by atoms with Gasteiger partial charge in [0.05, 0.1) is 11.0 Å². The maximum absolute atomic E-state index is 11.7. The van der Waals surface area contributed by atoms with Crippen molar-refractivity contribution in [3.63, 3.8) is 0 Å². The molecule has 0 unspecified atom stereocenters. The molecule has 0 radical (unpaired) electrons. The summed E-state index contributed by atoms with van der Waals surface area (Å²) in [4.78, 5) is 11.7. The Morgan fingerprint density at radius 2 is 0.735 bits per heavy atom. The number of nitrogens with two attached hydrogens (primary N) is 2. The first kappa shape index (κ1) is 20.4. The summed E-state index contributed by atoms with van der Waals surface area (Å²) in [7, 11) is 0. The maximum atomic E-state index is 11.7. The third-order valence-electron chi connectivity index (χ3n) is 14.6. The van der Waals surface area contributed by atoms with Gasteiger partial charge >= 0.3 is 5.97 Å². The summed E-state index contributed by atoms with van der Waals surface area (Å²) in [5, 5.41) is 20.3. The Balaban J connectivity index is 0.000000104. The first-order valence-electron chi connectivity index (χ1n) is 14.6. The SMILES string of the molecule is NC12CC3C4CC5(C(=O)O)CC3C(C1)C(C5)C4C2.NC12CC3C4CC5(O)CC3C(C1)C(C5)C4C2. The van der Waals surface area contributed by atoms with Gasteiger partial charge in [-0.05, 0) is 148 Å². The van der Waals surface area contributed by atoms with Crippen molar-refractivity contribution in [2.75, 3.05) is 0 Å². The van der Waals surface area contributed by atoms with Crippen molar-refractivity contribution in [1.29, 1.82) is 0 Å². The largest absolute Gasteiger partial charge is 0.481 e. The maximum Gasteiger partial charge on any atom is 0.309 e. The monoisotopic (exact) mass is 466 g/mol. The molecule has 0 amide bonds. The van der Waals surface area contributed by atoms with Crippen LogP contribution in [0.2, 0.25) is 0 Å². The van der Waals surface area contributed by atoms with Gasteiger partial charge in [0, 0.05) is 11.1 Å². The molecule has 6 N–H and O–H groups in total. The van der Waals surface area contributed by atoms with E-state index in [1.165, 1.54) is 38.5 Å². The van der Waals surface area contributed by atoms with E-state index in [1.54, 1.807) is 0 Å². The standard InChI is InChI=1S/C15H21NO2.C14H21NO/c16-15-4-10-7-1-14(13(17)18)2-8(10)12(6-15)9(3-14)11(7)5-15;15-13-1-7-10-4-14(16)5-11(7)9(3-13)12(6-14)8(10)2-13/h7-12H,1-6,16H2,(H,17,18);7-12,16H,1-6,15H2. The van der Waals surface area contributed by atoms with Crippen LogP contribution < -0.4 is 11.5 Å². The Morgan fingerprint density at radius 1 is 0.500 bits per heavy atom. The van der Waals surface area contributed by atoms with Crippen LogP contribution in [0.3, 0.4) is 0 Å². The molecule has 14 aliphatic rings. The molecule has 0 aliphatic heterocycles. The van der Waals surface area contributed by atoms with Gasteiger partial charge in [0.2, 0.25) is 0 Å². The molecule has 0 heterocycles. The summed E-state index contributed by atoms with van der Waals surface area (Å²) in [5.41, 5.74) is 12.9.